The van der Waals surface area contributed by atoms with Gasteiger partial charge in [0.05, 0.1) is 11.8 Å². The summed E-state index contributed by atoms with van der Waals surface area (Å²) < 4.78 is 11.7. The normalized spacial score (nSPS) is 14.5. The van der Waals surface area contributed by atoms with Crippen molar-refractivity contribution in [2.24, 2.45) is 5.92 Å². The molecule has 1 fully saturated rings. The van der Waals surface area contributed by atoms with E-state index in [1.807, 2.05) is 36.1 Å². The zero-order valence-electron chi connectivity index (χ0n) is 17.8. The minimum atomic E-state index is -0.148. The number of hydrogen-bond acceptors (Lipinski definition) is 7. The largest absolute Gasteiger partial charge is 0.479 e. The third-order valence-electron chi connectivity index (χ3n) is 5.48. The summed E-state index contributed by atoms with van der Waals surface area (Å²) in [5.74, 6) is 0.892. The number of carbonyl (C=O) groups is 1. The molecule has 0 aliphatic carbocycles. The number of urea groups is 1. The number of aromatic nitrogens is 2. The van der Waals surface area contributed by atoms with Gasteiger partial charge in [0.1, 0.15) is 5.52 Å². The molecular weight excluding hydrogens is 414 g/mol. The van der Waals surface area contributed by atoms with Gasteiger partial charge < -0.3 is 20.1 Å². The van der Waals surface area contributed by atoms with Gasteiger partial charge >= 0.3 is 6.03 Å². The zero-order valence-corrected chi connectivity index (χ0v) is 18.6. The van der Waals surface area contributed by atoms with Crippen molar-refractivity contribution in [2.75, 3.05) is 44.5 Å². The second-order valence-corrected chi connectivity index (χ2v) is 8.53. The summed E-state index contributed by atoms with van der Waals surface area (Å²) >= 11 is 1.41. The molecule has 0 spiro atoms. The van der Waals surface area contributed by atoms with Gasteiger partial charge in [-0.2, -0.15) is 0 Å². The van der Waals surface area contributed by atoms with Crippen LogP contribution < -0.4 is 15.8 Å². The maximum Gasteiger partial charge on any atom is 0.323 e. The topological polar surface area (TPSA) is 103 Å². The predicted molar refractivity (Wildman–Crippen MR) is 124 cm³/mol. The number of nitrogens with one attached hydrogen (secondary N) is 1. The second kappa shape index (κ2) is 9.49. The summed E-state index contributed by atoms with van der Waals surface area (Å²) in [5.41, 5.74) is 9.10. The molecule has 0 radical (unpaired) electrons. The second-order valence-electron chi connectivity index (χ2n) is 7.53. The Hall–Kier alpha value is -2.91. The van der Waals surface area contributed by atoms with Crippen LogP contribution in [-0.4, -0.2) is 54.3 Å². The van der Waals surface area contributed by atoms with Crippen LogP contribution in [0.15, 0.2) is 30.5 Å². The average molecular weight is 442 g/mol. The Kier molecular flexibility index (Phi) is 6.53. The third kappa shape index (κ3) is 4.72. The van der Waals surface area contributed by atoms with Crippen molar-refractivity contribution < 1.29 is 14.3 Å². The number of benzene rings is 1. The first kappa shape index (κ1) is 21.3. The Labute approximate surface area is 185 Å². The number of amides is 2. The number of methoxy groups -OCH3 is 1. The first-order valence-electron chi connectivity index (χ1n) is 10.4. The van der Waals surface area contributed by atoms with Crippen LogP contribution in [0.4, 0.5) is 15.6 Å². The summed E-state index contributed by atoms with van der Waals surface area (Å²) in [6.45, 7) is 4.87. The van der Waals surface area contributed by atoms with Gasteiger partial charge in [0.15, 0.2) is 5.13 Å². The molecule has 1 aliphatic heterocycles. The summed E-state index contributed by atoms with van der Waals surface area (Å²) in [6, 6.07) is 7.47. The number of fused-ring (bicyclic) bond motifs is 1. The van der Waals surface area contributed by atoms with Crippen molar-refractivity contribution in [3.63, 3.8) is 0 Å². The zero-order chi connectivity index (χ0) is 21.8. The van der Waals surface area contributed by atoms with Crippen LogP contribution in [0.3, 0.4) is 0 Å². The van der Waals surface area contributed by atoms with Gasteiger partial charge in [0, 0.05) is 43.8 Å². The lowest BCUT2D eigenvalue weighted by molar-refractivity contribution is 0.0576. The van der Waals surface area contributed by atoms with E-state index in [9.17, 15) is 4.79 Å². The number of ether oxygens (including phenoxy) is 2. The molecular formula is C22H27N5O3S. The Morgan fingerprint density at radius 1 is 1.39 bits per heavy atom. The van der Waals surface area contributed by atoms with Crippen molar-refractivity contribution in [3.05, 3.63) is 30.5 Å². The van der Waals surface area contributed by atoms with E-state index >= 15 is 0 Å². The number of nitrogen functional groups attached to an aromatic ring is 1. The standard InChI is InChI=1S/C22H27N5O3S/c1-3-27(13-14-7-9-30-10-8-14)22(28)26-21-25-18-19(31-21)17(12-24-20(18)29-2)15-5-4-6-16(23)11-15/h4-6,11-12,14H,3,7-10,13,23H2,1-2H3,(H,25,26,28). The fraction of sp³-hybridized carbons (Fsp3) is 0.409. The lowest BCUT2D eigenvalue weighted by Crippen LogP contribution is -2.39. The van der Waals surface area contributed by atoms with Crippen molar-refractivity contribution in [2.45, 2.75) is 19.8 Å². The Morgan fingerprint density at radius 2 is 2.19 bits per heavy atom. The molecule has 0 atom stereocenters. The number of nitrogens with zero attached hydrogens (tertiary/aromatic N) is 3. The third-order valence-corrected chi connectivity index (χ3v) is 6.48. The van der Waals surface area contributed by atoms with E-state index in [-0.39, 0.29) is 6.03 Å². The molecule has 0 bridgehead atoms. The predicted octanol–water partition coefficient (Wildman–Crippen LogP) is 4.23. The lowest BCUT2D eigenvalue weighted by Gasteiger charge is -2.28. The fourth-order valence-electron chi connectivity index (χ4n) is 3.77. The van der Waals surface area contributed by atoms with Crippen LogP contribution in [-0.2, 0) is 4.74 Å². The molecule has 3 aromatic rings. The summed E-state index contributed by atoms with van der Waals surface area (Å²) in [6.07, 6.45) is 3.72. The fourth-order valence-corrected chi connectivity index (χ4v) is 4.75. The van der Waals surface area contributed by atoms with Crippen LogP contribution in [0, 0.1) is 5.92 Å². The average Bonchev–Trinajstić information content (AvgIpc) is 3.20. The quantitative estimate of drug-likeness (QED) is 0.555. The van der Waals surface area contributed by atoms with Crippen molar-refractivity contribution in [1.82, 2.24) is 14.9 Å². The van der Waals surface area contributed by atoms with Crippen molar-refractivity contribution in [3.8, 4) is 17.0 Å². The van der Waals surface area contributed by atoms with Gasteiger partial charge in [-0.15, -0.1) is 0 Å². The summed E-state index contributed by atoms with van der Waals surface area (Å²) in [5, 5.41) is 3.48. The number of anilines is 2. The van der Waals surface area contributed by atoms with Gasteiger partial charge in [-0.25, -0.2) is 14.8 Å². The highest BCUT2D eigenvalue weighted by molar-refractivity contribution is 7.23. The molecule has 0 unspecified atom stereocenters. The van der Waals surface area contributed by atoms with Gasteiger partial charge in [-0.1, -0.05) is 23.5 Å². The Morgan fingerprint density at radius 3 is 2.90 bits per heavy atom. The van der Waals surface area contributed by atoms with Gasteiger partial charge in [-0.3, -0.25) is 5.32 Å². The highest BCUT2D eigenvalue weighted by Crippen LogP contribution is 2.38. The minimum absolute atomic E-state index is 0.148. The molecule has 4 rings (SSSR count). The number of hydrogen-bond donors (Lipinski definition) is 2. The first-order chi connectivity index (χ1) is 15.1. The van der Waals surface area contributed by atoms with E-state index in [1.165, 1.54) is 11.3 Å². The molecule has 0 saturated carbocycles. The highest BCUT2D eigenvalue weighted by Gasteiger charge is 2.22. The van der Waals surface area contributed by atoms with Crippen molar-refractivity contribution in [1.29, 1.82) is 0 Å². The van der Waals surface area contributed by atoms with Crippen molar-refractivity contribution >= 4 is 38.4 Å². The van der Waals surface area contributed by atoms with Crippen LogP contribution in [0.5, 0.6) is 5.88 Å². The molecule has 164 valence electrons. The monoisotopic (exact) mass is 441 g/mol. The summed E-state index contributed by atoms with van der Waals surface area (Å²) in [7, 11) is 1.56. The van der Waals surface area contributed by atoms with Crippen LogP contribution >= 0.6 is 11.3 Å². The van der Waals surface area contributed by atoms with Crippen LogP contribution in [0.2, 0.25) is 0 Å². The molecule has 1 saturated heterocycles. The molecule has 2 amide bonds. The summed E-state index contributed by atoms with van der Waals surface area (Å²) in [4.78, 5) is 23.8. The van der Waals surface area contributed by atoms with Crippen LogP contribution in [0.25, 0.3) is 21.3 Å². The molecule has 3 N–H and O–H groups in total. The number of nitrogens with two attached hydrogens (primary N) is 1. The first-order valence-corrected chi connectivity index (χ1v) is 11.2. The Balaban J connectivity index is 1.60. The van der Waals surface area contributed by atoms with Crippen LogP contribution in [0.1, 0.15) is 19.8 Å². The maximum atomic E-state index is 12.9. The number of rotatable bonds is 6. The van der Waals surface area contributed by atoms with E-state index < -0.39 is 0 Å². The van der Waals surface area contributed by atoms with E-state index in [0.29, 0.717) is 34.7 Å². The minimum Gasteiger partial charge on any atom is -0.479 e. The van der Waals surface area contributed by atoms with Gasteiger partial charge in [0.2, 0.25) is 5.88 Å². The molecule has 31 heavy (non-hydrogen) atoms. The highest BCUT2D eigenvalue weighted by atomic mass is 32.1. The molecule has 9 heteroatoms. The molecule has 2 aromatic heterocycles. The number of thiazole rings is 1. The number of carbonyl (C=O) groups excluding carboxylic acids is 1. The van der Waals surface area contributed by atoms with Gasteiger partial charge in [0.25, 0.3) is 0 Å². The molecule has 1 aliphatic rings. The lowest BCUT2D eigenvalue weighted by atomic mass is 10.00. The SMILES string of the molecule is CCN(CC1CCOCC1)C(=O)Nc1nc2c(OC)ncc(-c3cccc(N)c3)c2s1. The van der Waals surface area contributed by atoms with E-state index in [1.54, 1.807) is 13.3 Å². The maximum absolute atomic E-state index is 12.9. The van der Waals surface area contributed by atoms with Gasteiger partial charge in [-0.05, 0) is 43.4 Å². The molecule has 1 aromatic carbocycles. The van der Waals surface area contributed by atoms with E-state index in [4.69, 9.17) is 15.2 Å². The number of pyridine rings is 1. The smallest absolute Gasteiger partial charge is 0.323 e. The van der Waals surface area contributed by atoms with E-state index in [0.717, 1.165) is 48.4 Å². The molecule has 3 heterocycles. The molecule has 8 nitrogen and oxygen atoms in total. The van der Waals surface area contributed by atoms with E-state index in [2.05, 4.69) is 15.3 Å². The Bertz CT molecular complexity index is 1060.